The van der Waals surface area contributed by atoms with Gasteiger partial charge in [0.2, 0.25) is 0 Å². The Hall–Kier alpha value is -1.96. The molecule has 1 aromatic heterocycles. The van der Waals surface area contributed by atoms with Crippen molar-refractivity contribution in [2.24, 2.45) is 11.8 Å². The van der Waals surface area contributed by atoms with Gasteiger partial charge in [0, 0.05) is 12.6 Å². The molecule has 2 unspecified atom stereocenters. The minimum absolute atomic E-state index is 0.175. The quantitative estimate of drug-likeness (QED) is 0.812. The lowest BCUT2D eigenvalue weighted by atomic mass is 9.85. The average Bonchev–Trinajstić information content (AvgIpc) is 2.86. The number of piperidine rings is 1. The van der Waals surface area contributed by atoms with Crippen LogP contribution in [0.15, 0.2) is 6.33 Å². The van der Waals surface area contributed by atoms with Crippen LogP contribution in [0.4, 0.5) is 0 Å². The maximum absolute atomic E-state index is 11.3. The van der Waals surface area contributed by atoms with Gasteiger partial charge in [0.15, 0.2) is 0 Å². The van der Waals surface area contributed by atoms with E-state index in [0.717, 1.165) is 5.82 Å². The minimum Gasteiger partial charge on any atom is -0.481 e. The molecule has 8 nitrogen and oxygen atoms in total. The van der Waals surface area contributed by atoms with Crippen molar-refractivity contribution in [3.05, 3.63) is 12.2 Å². The summed E-state index contributed by atoms with van der Waals surface area (Å²) in [6, 6.07) is 0.175. The lowest BCUT2D eigenvalue weighted by Crippen LogP contribution is -2.46. The molecule has 1 aromatic rings. The summed E-state index contributed by atoms with van der Waals surface area (Å²) in [4.78, 5) is 28.5. The highest BCUT2D eigenvalue weighted by Crippen LogP contribution is 2.25. The van der Waals surface area contributed by atoms with Gasteiger partial charge >= 0.3 is 11.9 Å². The number of aliphatic carboxylic acids is 2. The van der Waals surface area contributed by atoms with Crippen LogP contribution in [0.25, 0.3) is 0 Å². The molecule has 1 aliphatic rings. The Morgan fingerprint density at radius 2 is 2.00 bits per heavy atom. The van der Waals surface area contributed by atoms with Crippen LogP contribution in [-0.4, -0.2) is 54.9 Å². The van der Waals surface area contributed by atoms with Crippen molar-refractivity contribution in [2.45, 2.75) is 32.9 Å². The number of likely N-dealkylation sites (tertiary alicyclic amines) is 1. The van der Waals surface area contributed by atoms with Crippen LogP contribution >= 0.6 is 0 Å². The van der Waals surface area contributed by atoms with Crippen molar-refractivity contribution in [3.8, 4) is 0 Å². The molecule has 1 aliphatic heterocycles. The van der Waals surface area contributed by atoms with Crippen LogP contribution in [0.2, 0.25) is 0 Å². The molecule has 0 saturated carbocycles. The molecule has 0 spiro atoms. The van der Waals surface area contributed by atoms with E-state index in [1.54, 1.807) is 4.68 Å². The van der Waals surface area contributed by atoms with Gasteiger partial charge in [-0.3, -0.25) is 14.5 Å². The first-order chi connectivity index (χ1) is 9.90. The van der Waals surface area contributed by atoms with Gasteiger partial charge in [-0.15, -0.1) is 0 Å². The second kappa shape index (κ2) is 6.21. The lowest BCUT2D eigenvalue weighted by molar-refractivity contribution is -0.157. The molecular formula is C13H20N4O4. The highest BCUT2D eigenvalue weighted by molar-refractivity contribution is 5.80. The van der Waals surface area contributed by atoms with E-state index < -0.39 is 23.8 Å². The minimum atomic E-state index is -1.06. The maximum Gasteiger partial charge on any atom is 0.308 e. The molecule has 0 amide bonds. The molecule has 2 N–H and O–H groups in total. The predicted octanol–water partition coefficient (Wildman–Crippen LogP) is 0.466. The summed E-state index contributed by atoms with van der Waals surface area (Å²) in [6.07, 6.45) is 1.82. The van der Waals surface area contributed by atoms with Crippen molar-refractivity contribution in [1.82, 2.24) is 19.7 Å². The van der Waals surface area contributed by atoms with E-state index in [0.29, 0.717) is 19.5 Å². The first-order valence-electron chi connectivity index (χ1n) is 6.96. The highest BCUT2D eigenvalue weighted by Gasteiger charge is 2.38. The van der Waals surface area contributed by atoms with E-state index in [4.69, 9.17) is 5.11 Å². The van der Waals surface area contributed by atoms with Gasteiger partial charge in [0.05, 0.1) is 18.4 Å². The fraction of sp³-hybridized carbons (Fsp3) is 0.692. The number of nitrogens with zero attached hydrogens (tertiary/aromatic N) is 4. The first-order valence-corrected chi connectivity index (χ1v) is 6.96. The number of rotatable bonds is 5. The van der Waals surface area contributed by atoms with E-state index in [1.807, 2.05) is 18.7 Å². The molecule has 0 aliphatic carbocycles. The number of carboxylic acids is 2. The summed E-state index contributed by atoms with van der Waals surface area (Å²) in [5.74, 6) is -3.03. The zero-order valence-corrected chi connectivity index (χ0v) is 12.1. The number of hydrogen-bond acceptors (Lipinski definition) is 5. The summed E-state index contributed by atoms with van der Waals surface area (Å²) in [7, 11) is 0. The Labute approximate surface area is 122 Å². The SMILES string of the molecule is CC(C)n1ncnc1CN1CCC(C(=O)O)C(C(=O)O)C1. The summed E-state index contributed by atoms with van der Waals surface area (Å²) < 4.78 is 1.79. The van der Waals surface area contributed by atoms with Crippen molar-refractivity contribution in [2.75, 3.05) is 13.1 Å². The standard InChI is InChI=1S/C13H20N4O4/c1-8(2)17-11(14-7-15-17)6-16-4-3-9(12(18)19)10(5-16)13(20)21/h7-10H,3-6H2,1-2H3,(H,18,19)(H,20,21). The lowest BCUT2D eigenvalue weighted by Gasteiger charge is -2.34. The van der Waals surface area contributed by atoms with Gasteiger partial charge < -0.3 is 10.2 Å². The Balaban J connectivity index is 2.07. The third kappa shape index (κ3) is 3.38. The molecule has 0 aromatic carbocycles. The molecule has 1 fully saturated rings. The average molecular weight is 296 g/mol. The van der Waals surface area contributed by atoms with Crippen LogP contribution in [0.3, 0.4) is 0 Å². The number of carbonyl (C=O) groups is 2. The molecule has 0 radical (unpaired) electrons. The van der Waals surface area contributed by atoms with Gasteiger partial charge in [-0.25, -0.2) is 9.67 Å². The van der Waals surface area contributed by atoms with E-state index in [2.05, 4.69) is 10.1 Å². The van der Waals surface area contributed by atoms with E-state index in [-0.39, 0.29) is 12.6 Å². The second-order valence-electron chi connectivity index (χ2n) is 5.63. The van der Waals surface area contributed by atoms with Crippen molar-refractivity contribution >= 4 is 11.9 Å². The fourth-order valence-electron chi connectivity index (χ4n) is 2.73. The molecule has 2 heterocycles. The third-order valence-electron chi connectivity index (χ3n) is 3.83. The third-order valence-corrected chi connectivity index (χ3v) is 3.83. The van der Waals surface area contributed by atoms with Crippen LogP contribution in [-0.2, 0) is 16.1 Å². The van der Waals surface area contributed by atoms with Crippen LogP contribution in [0.5, 0.6) is 0 Å². The van der Waals surface area contributed by atoms with Crippen LogP contribution < -0.4 is 0 Å². The molecule has 0 bridgehead atoms. The maximum atomic E-state index is 11.3. The Morgan fingerprint density at radius 3 is 2.57 bits per heavy atom. The molecule has 21 heavy (non-hydrogen) atoms. The van der Waals surface area contributed by atoms with E-state index >= 15 is 0 Å². The molecule has 8 heteroatoms. The predicted molar refractivity (Wildman–Crippen MR) is 72.6 cm³/mol. The molecule has 2 rings (SSSR count). The zero-order chi connectivity index (χ0) is 15.6. The summed E-state index contributed by atoms with van der Waals surface area (Å²) in [5.41, 5.74) is 0. The molecule has 1 saturated heterocycles. The van der Waals surface area contributed by atoms with Gasteiger partial charge in [-0.05, 0) is 26.8 Å². The van der Waals surface area contributed by atoms with Gasteiger partial charge in [-0.1, -0.05) is 0 Å². The van der Waals surface area contributed by atoms with Crippen LogP contribution in [0.1, 0.15) is 32.1 Å². The van der Waals surface area contributed by atoms with Gasteiger partial charge in [-0.2, -0.15) is 5.10 Å². The first kappa shape index (κ1) is 15.4. The monoisotopic (exact) mass is 296 g/mol. The number of aromatic nitrogens is 3. The highest BCUT2D eigenvalue weighted by atomic mass is 16.4. The van der Waals surface area contributed by atoms with Gasteiger partial charge in [0.25, 0.3) is 0 Å². The number of hydrogen-bond donors (Lipinski definition) is 2. The summed E-state index contributed by atoms with van der Waals surface area (Å²) in [5, 5.41) is 22.5. The number of carboxylic acid groups (broad SMARTS) is 2. The van der Waals surface area contributed by atoms with Crippen LogP contribution in [0, 0.1) is 11.8 Å². The van der Waals surface area contributed by atoms with E-state index in [9.17, 15) is 14.7 Å². The molecule has 2 atom stereocenters. The van der Waals surface area contributed by atoms with E-state index in [1.165, 1.54) is 6.33 Å². The van der Waals surface area contributed by atoms with Crippen molar-refractivity contribution in [3.63, 3.8) is 0 Å². The smallest absolute Gasteiger partial charge is 0.308 e. The Morgan fingerprint density at radius 1 is 1.33 bits per heavy atom. The summed E-state index contributed by atoms with van der Waals surface area (Å²) >= 11 is 0. The largest absolute Gasteiger partial charge is 0.481 e. The van der Waals surface area contributed by atoms with Crippen molar-refractivity contribution < 1.29 is 19.8 Å². The van der Waals surface area contributed by atoms with Crippen molar-refractivity contribution in [1.29, 1.82) is 0 Å². The fourth-order valence-corrected chi connectivity index (χ4v) is 2.73. The normalized spacial score (nSPS) is 23.4. The molecular weight excluding hydrogens is 276 g/mol. The Bertz CT molecular complexity index is 528. The second-order valence-corrected chi connectivity index (χ2v) is 5.63. The topological polar surface area (TPSA) is 109 Å². The van der Waals surface area contributed by atoms with Gasteiger partial charge in [0.1, 0.15) is 12.2 Å². The summed E-state index contributed by atoms with van der Waals surface area (Å²) in [6.45, 7) is 5.24. The Kier molecular flexibility index (Phi) is 4.56. The zero-order valence-electron chi connectivity index (χ0n) is 12.1. The molecule has 116 valence electrons.